The molecule has 1 aliphatic heterocycles. The Bertz CT molecular complexity index is 850. The van der Waals surface area contributed by atoms with E-state index in [1.165, 1.54) is 12.1 Å². The Morgan fingerprint density at radius 2 is 2.00 bits per heavy atom. The van der Waals surface area contributed by atoms with Crippen molar-refractivity contribution in [2.45, 2.75) is 39.3 Å². The van der Waals surface area contributed by atoms with Gasteiger partial charge in [0, 0.05) is 37.5 Å². The molecule has 8 heteroatoms. The molecule has 1 fully saturated rings. The van der Waals surface area contributed by atoms with Crippen molar-refractivity contribution in [2.24, 2.45) is 11.7 Å². The van der Waals surface area contributed by atoms with Gasteiger partial charge in [-0.1, -0.05) is 0 Å². The number of rotatable bonds is 6. The van der Waals surface area contributed by atoms with Crippen LogP contribution >= 0.6 is 0 Å². The number of nitrogens with zero attached hydrogens (tertiary/aromatic N) is 3. The molecule has 0 spiro atoms. The molecule has 2 aromatic rings. The SMILES string of the molecule is Cc1cc(C)n(CC(=O)N2CC[C@H](Oc3ccc(F)cc3)[C@@H](CC(N)=O)C2)n1. The van der Waals surface area contributed by atoms with Crippen LogP contribution in [0.15, 0.2) is 30.3 Å². The van der Waals surface area contributed by atoms with Gasteiger partial charge < -0.3 is 15.4 Å². The summed E-state index contributed by atoms with van der Waals surface area (Å²) in [6.07, 6.45) is 0.420. The first-order chi connectivity index (χ1) is 13.3. The average Bonchev–Trinajstić information content (AvgIpc) is 2.95. The van der Waals surface area contributed by atoms with Crippen LogP contribution in [0.5, 0.6) is 5.75 Å². The lowest BCUT2D eigenvalue weighted by Crippen LogP contribution is -2.49. The highest BCUT2D eigenvalue weighted by atomic mass is 19.1. The summed E-state index contributed by atoms with van der Waals surface area (Å²) >= 11 is 0. The topological polar surface area (TPSA) is 90.5 Å². The van der Waals surface area contributed by atoms with Crippen LogP contribution in [0.1, 0.15) is 24.2 Å². The van der Waals surface area contributed by atoms with E-state index in [1.54, 1.807) is 21.7 Å². The zero-order valence-electron chi connectivity index (χ0n) is 16.1. The van der Waals surface area contributed by atoms with E-state index in [1.807, 2.05) is 19.9 Å². The molecule has 2 amide bonds. The molecule has 0 radical (unpaired) electrons. The first-order valence-electron chi connectivity index (χ1n) is 9.31. The standard InChI is InChI=1S/C20H25FN4O3/c1-13-9-14(2)25(23-13)12-20(27)24-8-7-18(15(11-24)10-19(22)26)28-17-5-3-16(21)4-6-17/h3-6,9,15,18H,7-8,10-12H2,1-2H3,(H2,22,26)/t15-,18-/m0/s1. The van der Waals surface area contributed by atoms with Gasteiger partial charge in [-0.25, -0.2) is 4.39 Å². The summed E-state index contributed by atoms with van der Waals surface area (Å²) in [5.41, 5.74) is 7.19. The summed E-state index contributed by atoms with van der Waals surface area (Å²) in [5, 5.41) is 4.33. The molecule has 2 N–H and O–H groups in total. The summed E-state index contributed by atoms with van der Waals surface area (Å²) in [4.78, 5) is 26.0. The van der Waals surface area contributed by atoms with Crippen LogP contribution in [0.4, 0.5) is 4.39 Å². The third kappa shape index (κ3) is 4.88. The average molecular weight is 388 g/mol. The number of aryl methyl sites for hydroxylation is 2. The largest absolute Gasteiger partial charge is 0.490 e. The highest BCUT2D eigenvalue weighted by Gasteiger charge is 2.34. The number of hydrogen-bond acceptors (Lipinski definition) is 4. The fraction of sp³-hybridized carbons (Fsp3) is 0.450. The fourth-order valence-electron chi connectivity index (χ4n) is 3.60. The maximum Gasteiger partial charge on any atom is 0.244 e. The molecule has 1 aliphatic rings. The van der Waals surface area contributed by atoms with Crippen LogP contribution in [0.3, 0.4) is 0 Å². The number of carbonyl (C=O) groups excluding carboxylic acids is 2. The number of benzene rings is 1. The Kier molecular flexibility index (Phi) is 5.96. The van der Waals surface area contributed by atoms with E-state index >= 15 is 0 Å². The Balaban J connectivity index is 1.67. The second kappa shape index (κ2) is 8.41. The van der Waals surface area contributed by atoms with Gasteiger partial charge in [0.05, 0.1) is 5.69 Å². The molecule has 1 aromatic carbocycles. The molecule has 0 saturated carbocycles. The summed E-state index contributed by atoms with van der Waals surface area (Å²) in [6.45, 7) is 4.85. The summed E-state index contributed by atoms with van der Waals surface area (Å²) in [5.74, 6) is -0.527. The number of carbonyl (C=O) groups is 2. The van der Waals surface area contributed by atoms with E-state index in [2.05, 4.69) is 5.10 Å². The lowest BCUT2D eigenvalue weighted by Gasteiger charge is -2.38. The van der Waals surface area contributed by atoms with Gasteiger partial charge in [-0.2, -0.15) is 5.10 Å². The van der Waals surface area contributed by atoms with Gasteiger partial charge in [-0.15, -0.1) is 0 Å². The van der Waals surface area contributed by atoms with Gasteiger partial charge in [0.15, 0.2) is 0 Å². The smallest absolute Gasteiger partial charge is 0.244 e. The van der Waals surface area contributed by atoms with Crippen molar-refractivity contribution in [3.8, 4) is 5.75 Å². The van der Waals surface area contributed by atoms with E-state index in [4.69, 9.17) is 10.5 Å². The van der Waals surface area contributed by atoms with E-state index < -0.39 is 5.91 Å². The van der Waals surface area contributed by atoms with Crippen molar-refractivity contribution in [3.63, 3.8) is 0 Å². The summed E-state index contributed by atoms with van der Waals surface area (Å²) in [6, 6.07) is 7.68. The number of aromatic nitrogens is 2. The number of primary amides is 1. The van der Waals surface area contributed by atoms with Crippen LogP contribution in [-0.2, 0) is 16.1 Å². The van der Waals surface area contributed by atoms with Gasteiger partial charge in [0.25, 0.3) is 0 Å². The van der Waals surface area contributed by atoms with Gasteiger partial charge in [-0.05, 0) is 44.2 Å². The van der Waals surface area contributed by atoms with Crippen molar-refractivity contribution in [1.82, 2.24) is 14.7 Å². The maximum absolute atomic E-state index is 13.1. The molecule has 2 heterocycles. The molecule has 0 bridgehead atoms. The molecule has 7 nitrogen and oxygen atoms in total. The second-order valence-corrected chi connectivity index (χ2v) is 7.25. The highest BCUT2D eigenvalue weighted by molar-refractivity contribution is 5.77. The predicted octanol–water partition coefficient (Wildman–Crippen LogP) is 1.81. The first-order valence-corrected chi connectivity index (χ1v) is 9.31. The number of piperidine rings is 1. The fourth-order valence-corrected chi connectivity index (χ4v) is 3.60. The molecule has 150 valence electrons. The van der Waals surface area contributed by atoms with Crippen molar-refractivity contribution in [3.05, 3.63) is 47.5 Å². The molecule has 1 saturated heterocycles. The van der Waals surface area contributed by atoms with Gasteiger partial charge >= 0.3 is 0 Å². The number of likely N-dealkylation sites (tertiary alicyclic amines) is 1. The molecule has 28 heavy (non-hydrogen) atoms. The van der Waals surface area contributed by atoms with E-state index in [0.717, 1.165) is 11.4 Å². The monoisotopic (exact) mass is 388 g/mol. The Morgan fingerprint density at radius 1 is 1.29 bits per heavy atom. The van der Waals surface area contributed by atoms with E-state index in [0.29, 0.717) is 25.3 Å². The number of ether oxygens (including phenoxy) is 1. The summed E-state index contributed by atoms with van der Waals surface area (Å²) in [7, 11) is 0. The zero-order valence-corrected chi connectivity index (χ0v) is 16.1. The molecular weight excluding hydrogens is 363 g/mol. The molecule has 0 aliphatic carbocycles. The molecule has 1 aromatic heterocycles. The Labute approximate surface area is 163 Å². The van der Waals surface area contributed by atoms with Crippen LogP contribution in [0, 0.1) is 25.6 Å². The van der Waals surface area contributed by atoms with Crippen molar-refractivity contribution >= 4 is 11.8 Å². The normalized spacial score (nSPS) is 19.5. The second-order valence-electron chi connectivity index (χ2n) is 7.25. The lowest BCUT2D eigenvalue weighted by molar-refractivity contribution is -0.136. The highest BCUT2D eigenvalue weighted by Crippen LogP contribution is 2.26. The predicted molar refractivity (Wildman–Crippen MR) is 101 cm³/mol. The number of halogens is 1. The maximum atomic E-state index is 13.1. The molecule has 2 atom stereocenters. The third-order valence-corrected chi connectivity index (χ3v) is 4.97. The minimum Gasteiger partial charge on any atom is -0.490 e. The van der Waals surface area contributed by atoms with Crippen molar-refractivity contribution in [2.75, 3.05) is 13.1 Å². The number of nitrogens with two attached hydrogens (primary N) is 1. The Hall–Kier alpha value is -2.90. The minimum atomic E-state index is -0.439. The number of amides is 2. The van der Waals surface area contributed by atoms with Crippen LogP contribution < -0.4 is 10.5 Å². The van der Waals surface area contributed by atoms with Crippen molar-refractivity contribution < 1.29 is 18.7 Å². The quantitative estimate of drug-likeness (QED) is 0.817. The third-order valence-electron chi connectivity index (χ3n) is 4.97. The molecular formula is C20H25FN4O3. The minimum absolute atomic E-state index is 0.0547. The zero-order chi connectivity index (χ0) is 20.3. The summed E-state index contributed by atoms with van der Waals surface area (Å²) < 4.78 is 20.7. The first kappa shape index (κ1) is 19.9. The van der Waals surface area contributed by atoms with Crippen molar-refractivity contribution in [1.29, 1.82) is 0 Å². The van der Waals surface area contributed by atoms with Crippen LogP contribution in [-0.4, -0.2) is 45.7 Å². The lowest BCUT2D eigenvalue weighted by atomic mass is 9.91. The van der Waals surface area contributed by atoms with Gasteiger partial charge in [0.2, 0.25) is 11.8 Å². The van der Waals surface area contributed by atoms with Crippen LogP contribution in [0.25, 0.3) is 0 Å². The van der Waals surface area contributed by atoms with E-state index in [-0.39, 0.29) is 36.7 Å². The van der Waals surface area contributed by atoms with E-state index in [9.17, 15) is 14.0 Å². The van der Waals surface area contributed by atoms with Gasteiger partial charge in [0.1, 0.15) is 24.2 Å². The van der Waals surface area contributed by atoms with Gasteiger partial charge in [-0.3, -0.25) is 14.3 Å². The Morgan fingerprint density at radius 3 is 2.61 bits per heavy atom. The molecule has 3 rings (SSSR count). The number of hydrogen-bond donors (Lipinski definition) is 1. The molecule has 0 unspecified atom stereocenters. The van der Waals surface area contributed by atoms with Crippen LogP contribution in [0.2, 0.25) is 0 Å².